The average molecular weight is 716 g/mol. The highest BCUT2D eigenvalue weighted by atomic mass is 32.2. The second-order valence-corrected chi connectivity index (χ2v) is 19.3. The number of sulfonamides is 1. The predicted octanol–water partition coefficient (Wildman–Crippen LogP) is 5.32. The Hall–Kier alpha value is -3.41. The van der Waals surface area contributed by atoms with Gasteiger partial charge in [-0.2, -0.15) is 0 Å². The average Bonchev–Trinajstić information content (AvgIpc) is 3.54. The van der Waals surface area contributed by atoms with Crippen molar-refractivity contribution in [1.82, 2.24) is 24.0 Å². The van der Waals surface area contributed by atoms with Crippen molar-refractivity contribution in [1.29, 1.82) is 0 Å². The molecule has 8 rings (SSSR count). The van der Waals surface area contributed by atoms with Crippen molar-refractivity contribution in [3.63, 3.8) is 0 Å². The highest BCUT2D eigenvalue weighted by Gasteiger charge is 2.68. The molecule has 3 aromatic rings. The number of hydrogen-bond acceptors (Lipinski definition) is 7. The number of ether oxygens (including phenoxy) is 1. The van der Waals surface area contributed by atoms with Crippen LogP contribution in [-0.4, -0.2) is 105 Å². The van der Waals surface area contributed by atoms with Crippen molar-refractivity contribution in [3.05, 3.63) is 53.6 Å². The van der Waals surface area contributed by atoms with E-state index in [1.165, 1.54) is 12.0 Å². The van der Waals surface area contributed by atoms with Gasteiger partial charge in [-0.05, 0) is 107 Å². The number of benzene rings is 2. The van der Waals surface area contributed by atoms with Gasteiger partial charge in [-0.1, -0.05) is 25.3 Å². The number of aromatic nitrogens is 1. The molecule has 3 saturated heterocycles. The van der Waals surface area contributed by atoms with E-state index < -0.39 is 26.6 Å². The van der Waals surface area contributed by atoms with Crippen LogP contribution in [0, 0.1) is 16.2 Å². The molecule has 2 saturated carbocycles. The van der Waals surface area contributed by atoms with Gasteiger partial charge in [0.25, 0.3) is 5.91 Å². The molecule has 2 aliphatic carbocycles. The van der Waals surface area contributed by atoms with Gasteiger partial charge >= 0.3 is 0 Å². The van der Waals surface area contributed by atoms with Crippen LogP contribution in [0.5, 0.6) is 5.75 Å². The van der Waals surface area contributed by atoms with Gasteiger partial charge in [-0.3, -0.25) is 9.59 Å². The summed E-state index contributed by atoms with van der Waals surface area (Å²) in [6, 6.07) is 13.8. The number of carbonyl (C=O) groups excluding carboxylic acids is 2. The summed E-state index contributed by atoms with van der Waals surface area (Å²) in [5.74, 6) is 0.752. The second kappa shape index (κ2) is 12.3. The van der Waals surface area contributed by atoms with Crippen molar-refractivity contribution >= 4 is 32.7 Å². The maximum atomic E-state index is 14.9. The Balaban J connectivity index is 1.23. The lowest BCUT2D eigenvalue weighted by Gasteiger charge is -2.31. The van der Waals surface area contributed by atoms with Gasteiger partial charge in [0, 0.05) is 73.1 Å². The lowest BCUT2D eigenvalue weighted by atomic mass is 9.71. The normalized spacial score (nSPS) is 26.5. The minimum atomic E-state index is -3.81. The number of likely N-dealkylation sites (tertiary alicyclic amines) is 3. The molecular formula is C40H53N5O5S. The van der Waals surface area contributed by atoms with Crippen LogP contribution < -0.4 is 9.46 Å². The molecule has 1 N–H and O–H groups in total. The summed E-state index contributed by atoms with van der Waals surface area (Å²) >= 11 is 0. The number of hydrogen-bond donors (Lipinski definition) is 1. The third kappa shape index (κ3) is 5.69. The molecule has 1 aromatic heterocycles. The molecule has 2 amide bonds. The standard InChI is InChI=1S/C40H53N5O5S/c1-27(2)51(48,49)41-36(46)30-13-16-32-33(19-30)45(35(29-11-14-31(50-5)15-12-29)34(32)28-9-7-6-8-10-28)20-38(17-18-38)37(47)44-25-39-21-42(3)22-40(39,26-44)24-43(4)23-39/h11-16,19,27-28H,6-10,17-18,20-26H2,1-5H3,(H,41,46). The van der Waals surface area contributed by atoms with E-state index in [2.05, 4.69) is 50.2 Å². The molecule has 0 spiro atoms. The van der Waals surface area contributed by atoms with Gasteiger partial charge in [0.2, 0.25) is 15.9 Å². The smallest absolute Gasteiger partial charge is 0.264 e. The molecule has 0 bridgehead atoms. The summed E-state index contributed by atoms with van der Waals surface area (Å²) < 4.78 is 35.6. The quantitative estimate of drug-likeness (QED) is 0.320. The summed E-state index contributed by atoms with van der Waals surface area (Å²) in [5, 5.41) is 0.340. The lowest BCUT2D eigenvalue weighted by molar-refractivity contribution is -0.137. The van der Waals surface area contributed by atoms with E-state index in [9.17, 15) is 18.0 Å². The summed E-state index contributed by atoms with van der Waals surface area (Å²) in [5.41, 5.74) is 4.31. The van der Waals surface area contributed by atoms with Crippen LogP contribution in [0.3, 0.4) is 0 Å². The number of rotatable bonds is 9. The van der Waals surface area contributed by atoms with Crippen molar-refractivity contribution in [2.45, 2.75) is 76.5 Å². The van der Waals surface area contributed by atoms with Crippen molar-refractivity contribution in [2.75, 3.05) is 60.5 Å². The topological polar surface area (TPSA) is 104 Å². The molecule has 4 heterocycles. The van der Waals surface area contributed by atoms with Crippen LogP contribution >= 0.6 is 0 Å². The predicted molar refractivity (Wildman–Crippen MR) is 199 cm³/mol. The fraction of sp³-hybridized carbons (Fsp3) is 0.600. The van der Waals surface area contributed by atoms with Gasteiger partial charge < -0.3 is 24.0 Å². The van der Waals surface area contributed by atoms with Gasteiger partial charge in [0.15, 0.2) is 0 Å². The fourth-order valence-electron chi connectivity index (χ4n) is 10.5. The lowest BCUT2D eigenvalue weighted by Crippen LogP contribution is -2.44. The summed E-state index contributed by atoms with van der Waals surface area (Å²) in [6.45, 7) is 9.36. The number of nitrogens with one attached hydrogen (secondary N) is 1. The first-order valence-corrected chi connectivity index (χ1v) is 20.4. The van der Waals surface area contributed by atoms with E-state index in [4.69, 9.17) is 4.74 Å². The van der Waals surface area contributed by atoms with Crippen LogP contribution in [0.4, 0.5) is 0 Å². The number of carbonyl (C=O) groups is 2. The van der Waals surface area contributed by atoms with E-state index in [-0.39, 0.29) is 16.7 Å². The molecule has 2 aromatic carbocycles. The summed E-state index contributed by atoms with van der Waals surface area (Å²) in [4.78, 5) is 35.5. The molecule has 0 unspecified atom stereocenters. The first-order chi connectivity index (χ1) is 24.3. The van der Waals surface area contributed by atoms with E-state index >= 15 is 0 Å². The van der Waals surface area contributed by atoms with Crippen LogP contribution in [0.2, 0.25) is 0 Å². The first kappa shape index (κ1) is 34.7. The van der Waals surface area contributed by atoms with Gasteiger partial charge in [0.05, 0.1) is 23.5 Å². The van der Waals surface area contributed by atoms with Crippen LogP contribution in [0.15, 0.2) is 42.5 Å². The molecule has 0 atom stereocenters. The van der Waals surface area contributed by atoms with Gasteiger partial charge in [-0.15, -0.1) is 0 Å². The van der Waals surface area contributed by atoms with Gasteiger partial charge in [-0.25, -0.2) is 13.1 Å². The second-order valence-electron chi connectivity index (χ2n) is 17.0. The molecule has 5 aliphatic rings. The minimum Gasteiger partial charge on any atom is -0.497 e. The Bertz CT molecular complexity index is 1940. The molecule has 11 heteroatoms. The Morgan fingerprint density at radius 2 is 1.49 bits per heavy atom. The largest absolute Gasteiger partial charge is 0.497 e. The van der Waals surface area contributed by atoms with Crippen molar-refractivity contribution < 1.29 is 22.7 Å². The van der Waals surface area contributed by atoms with Crippen LogP contribution in [0.25, 0.3) is 22.2 Å². The van der Waals surface area contributed by atoms with E-state index in [0.717, 1.165) is 106 Å². The number of amides is 2. The summed E-state index contributed by atoms with van der Waals surface area (Å²) in [7, 11) is 2.29. The maximum Gasteiger partial charge on any atom is 0.264 e. The van der Waals surface area contributed by atoms with E-state index in [1.807, 2.05) is 24.3 Å². The zero-order valence-corrected chi connectivity index (χ0v) is 31.7. The Labute approximate surface area is 302 Å². The van der Waals surface area contributed by atoms with Crippen LogP contribution in [-0.2, 0) is 21.4 Å². The molecule has 51 heavy (non-hydrogen) atoms. The maximum absolute atomic E-state index is 14.9. The molecule has 10 nitrogen and oxygen atoms in total. The highest BCUT2D eigenvalue weighted by molar-refractivity contribution is 7.90. The Kier molecular flexibility index (Phi) is 8.39. The number of fused-ring (bicyclic) bond motifs is 1. The molecule has 3 aliphatic heterocycles. The third-order valence-corrected chi connectivity index (χ3v) is 14.8. The molecule has 274 valence electrons. The summed E-state index contributed by atoms with van der Waals surface area (Å²) in [6.07, 6.45) is 7.38. The number of nitrogens with zero attached hydrogens (tertiary/aromatic N) is 4. The Morgan fingerprint density at radius 3 is 2.04 bits per heavy atom. The monoisotopic (exact) mass is 715 g/mol. The SMILES string of the molecule is COc1ccc(-c2c(C3CCCCC3)c3ccc(C(=O)NS(=O)(=O)C(C)C)cc3n2CC2(C(=O)N3CC45CN(C)CC4(CN(C)C5)C3)CC2)cc1. The fourth-order valence-corrected chi connectivity index (χ4v) is 11.1. The van der Waals surface area contributed by atoms with E-state index in [0.29, 0.717) is 18.0 Å². The Morgan fingerprint density at radius 1 is 0.882 bits per heavy atom. The third-order valence-electron chi connectivity index (χ3n) is 13.1. The highest BCUT2D eigenvalue weighted by Crippen LogP contribution is 2.59. The molecular weight excluding hydrogens is 663 g/mol. The van der Waals surface area contributed by atoms with Crippen molar-refractivity contribution in [3.8, 4) is 17.0 Å². The minimum absolute atomic E-state index is 0.114. The molecule has 5 fully saturated rings. The number of methoxy groups -OCH3 is 1. The zero-order chi connectivity index (χ0) is 35.9. The zero-order valence-electron chi connectivity index (χ0n) is 30.8. The van der Waals surface area contributed by atoms with Crippen molar-refractivity contribution in [2.24, 2.45) is 16.2 Å². The first-order valence-electron chi connectivity index (χ1n) is 18.8. The van der Waals surface area contributed by atoms with Crippen LogP contribution in [0.1, 0.15) is 80.6 Å². The van der Waals surface area contributed by atoms with E-state index in [1.54, 1.807) is 27.0 Å². The molecule has 0 radical (unpaired) electrons. The van der Waals surface area contributed by atoms with Gasteiger partial charge in [0.1, 0.15) is 5.75 Å².